The molecule has 0 saturated carbocycles. The van der Waals surface area contributed by atoms with Crippen molar-refractivity contribution in [2.45, 2.75) is 13.2 Å². The Balaban J connectivity index is 1.74. The van der Waals surface area contributed by atoms with Gasteiger partial charge in [-0.05, 0) is 89.3 Å². The minimum atomic E-state index is -1.07. The molecule has 0 bridgehead atoms. The first-order chi connectivity index (χ1) is 15.4. The van der Waals surface area contributed by atoms with Crippen LogP contribution >= 0.6 is 54.5 Å². The lowest BCUT2D eigenvalue weighted by Crippen LogP contribution is -2.14. The highest BCUT2D eigenvalue weighted by molar-refractivity contribution is 14.1. The van der Waals surface area contributed by atoms with E-state index in [2.05, 4.69) is 59.4 Å². The molecule has 0 spiro atoms. The van der Waals surface area contributed by atoms with Gasteiger partial charge in [0, 0.05) is 23.5 Å². The molecule has 0 aliphatic rings. The molecule has 0 atom stereocenters. The monoisotopic (exact) mass is 667 g/mol. The van der Waals surface area contributed by atoms with E-state index in [0.29, 0.717) is 28.3 Å². The number of hydrogen-bond donors (Lipinski definition) is 1. The molecule has 32 heavy (non-hydrogen) atoms. The van der Waals surface area contributed by atoms with Gasteiger partial charge < -0.3 is 14.6 Å². The van der Waals surface area contributed by atoms with Gasteiger partial charge in [0.15, 0.2) is 0 Å². The van der Waals surface area contributed by atoms with Crippen LogP contribution in [0, 0.1) is 3.57 Å². The van der Waals surface area contributed by atoms with E-state index in [-0.39, 0.29) is 18.8 Å². The number of nitrogens with zero attached hydrogens (tertiary/aromatic N) is 1. The Kier molecular flexibility index (Phi) is 7.32. The summed E-state index contributed by atoms with van der Waals surface area (Å²) in [4.78, 5) is 16.9. The molecule has 4 rings (SSSR count). The SMILES string of the molecule is O=C(O)c1c(COc2ccc(Br)cc2)nc2ccc(I)cc2c1COc1ccc(Br)cc1. The molecule has 0 saturated heterocycles. The lowest BCUT2D eigenvalue weighted by molar-refractivity contribution is 0.0690. The minimum Gasteiger partial charge on any atom is -0.489 e. The molecule has 8 heteroatoms. The predicted molar refractivity (Wildman–Crippen MR) is 138 cm³/mol. The number of rotatable bonds is 7. The third kappa shape index (κ3) is 5.41. The molecule has 5 nitrogen and oxygen atoms in total. The van der Waals surface area contributed by atoms with Gasteiger partial charge in [0.1, 0.15) is 24.7 Å². The molecule has 1 heterocycles. The van der Waals surface area contributed by atoms with E-state index in [4.69, 9.17) is 9.47 Å². The zero-order valence-electron chi connectivity index (χ0n) is 16.5. The van der Waals surface area contributed by atoms with Crippen LogP contribution in [0.1, 0.15) is 21.6 Å². The van der Waals surface area contributed by atoms with Crippen molar-refractivity contribution in [3.05, 3.63) is 96.1 Å². The molecule has 0 fully saturated rings. The maximum absolute atomic E-state index is 12.3. The Morgan fingerprint density at radius 1 is 0.875 bits per heavy atom. The number of carboxylic acid groups (broad SMARTS) is 1. The molecule has 162 valence electrons. The number of pyridine rings is 1. The maximum atomic E-state index is 12.3. The van der Waals surface area contributed by atoms with Gasteiger partial charge in [-0.25, -0.2) is 9.78 Å². The van der Waals surface area contributed by atoms with E-state index in [1.165, 1.54) is 0 Å². The molecule has 0 amide bonds. The summed E-state index contributed by atoms with van der Waals surface area (Å²) in [6.45, 7) is 0.115. The largest absolute Gasteiger partial charge is 0.489 e. The number of fused-ring (bicyclic) bond motifs is 1. The molecule has 0 radical (unpaired) electrons. The third-order valence-electron chi connectivity index (χ3n) is 4.73. The Bertz CT molecular complexity index is 1280. The van der Waals surface area contributed by atoms with Gasteiger partial charge in [0.2, 0.25) is 0 Å². The van der Waals surface area contributed by atoms with Crippen LogP contribution in [0.15, 0.2) is 75.7 Å². The normalized spacial score (nSPS) is 10.8. The lowest BCUT2D eigenvalue weighted by Gasteiger charge is -2.16. The summed E-state index contributed by atoms with van der Waals surface area (Å²) in [6.07, 6.45) is 0. The van der Waals surface area contributed by atoms with Crippen molar-refractivity contribution in [2.24, 2.45) is 0 Å². The Morgan fingerprint density at radius 2 is 1.44 bits per heavy atom. The summed E-state index contributed by atoms with van der Waals surface area (Å²) in [5, 5.41) is 10.8. The maximum Gasteiger partial charge on any atom is 0.338 e. The Hall–Kier alpha value is -2.17. The quantitative estimate of drug-likeness (QED) is 0.211. The number of aromatic nitrogens is 1. The molecular formula is C24H16Br2INO4. The highest BCUT2D eigenvalue weighted by Gasteiger charge is 2.22. The van der Waals surface area contributed by atoms with Gasteiger partial charge in [-0.1, -0.05) is 31.9 Å². The first-order valence-electron chi connectivity index (χ1n) is 9.52. The van der Waals surface area contributed by atoms with E-state index in [1.54, 1.807) is 0 Å². The fraction of sp³-hybridized carbons (Fsp3) is 0.0833. The molecule has 0 unspecified atom stereocenters. The van der Waals surface area contributed by atoms with Crippen LogP contribution in [0.4, 0.5) is 0 Å². The molecule has 1 N–H and O–H groups in total. The van der Waals surface area contributed by atoms with Crippen molar-refractivity contribution >= 4 is 71.3 Å². The average molecular weight is 669 g/mol. The smallest absolute Gasteiger partial charge is 0.338 e. The lowest BCUT2D eigenvalue weighted by atomic mass is 10.0. The number of halogens is 3. The summed E-state index contributed by atoms with van der Waals surface area (Å²) in [7, 11) is 0. The van der Waals surface area contributed by atoms with Gasteiger partial charge in [-0.3, -0.25) is 0 Å². The highest BCUT2D eigenvalue weighted by atomic mass is 127. The molecular weight excluding hydrogens is 653 g/mol. The van der Waals surface area contributed by atoms with Crippen LogP contribution in [0.5, 0.6) is 11.5 Å². The van der Waals surface area contributed by atoms with Gasteiger partial charge >= 0.3 is 5.97 Å². The van der Waals surface area contributed by atoms with Gasteiger partial charge in [-0.15, -0.1) is 0 Å². The third-order valence-corrected chi connectivity index (χ3v) is 6.46. The molecule has 3 aromatic carbocycles. The number of benzene rings is 3. The standard InChI is InChI=1S/C24H16Br2INO4/c25-14-1-6-17(7-2-14)31-12-20-19-11-16(27)5-10-21(19)28-22(23(20)24(29)30)13-32-18-8-3-15(26)4-9-18/h1-11H,12-13H2,(H,29,30). The van der Waals surface area contributed by atoms with Gasteiger partial charge in [0.05, 0.1) is 16.8 Å². The summed E-state index contributed by atoms with van der Waals surface area (Å²) >= 11 is 9.00. The number of carbonyl (C=O) groups is 1. The van der Waals surface area contributed by atoms with E-state index in [1.807, 2.05) is 66.7 Å². The zero-order chi connectivity index (χ0) is 22.7. The second-order valence-corrected chi connectivity index (χ2v) is 9.94. The van der Waals surface area contributed by atoms with Crippen molar-refractivity contribution in [3.63, 3.8) is 0 Å². The first kappa shape index (κ1) is 23.0. The summed E-state index contributed by atoms with van der Waals surface area (Å²) in [6, 6.07) is 20.5. The minimum absolute atomic E-state index is 0.0243. The molecule has 0 aliphatic heterocycles. The summed E-state index contributed by atoms with van der Waals surface area (Å²) < 4.78 is 14.7. The zero-order valence-corrected chi connectivity index (χ0v) is 21.8. The van der Waals surface area contributed by atoms with Crippen molar-refractivity contribution < 1.29 is 19.4 Å². The molecule has 1 aromatic heterocycles. The molecule has 0 aliphatic carbocycles. The first-order valence-corrected chi connectivity index (χ1v) is 12.2. The fourth-order valence-corrected chi connectivity index (χ4v) is 4.25. The number of hydrogen-bond acceptors (Lipinski definition) is 4. The average Bonchev–Trinajstić information content (AvgIpc) is 2.77. The highest BCUT2D eigenvalue weighted by Crippen LogP contribution is 2.28. The predicted octanol–water partition coefficient (Wildman–Crippen LogP) is 7.22. The van der Waals surface area contributed by atoms with E-state index in [9.17, 15) is 9.90 Å². The fourth-order valence-electron chi connectivity index (χ4n) is 3.23. The van der Waals surface area contributed by atoms with Crippen LogP contribution in [0.25, 0.3) is 10.9 Å². The second kappa shape index (κ2) is 10.2. The second-order valence-electron chi connectivity index (χ2n) is 6.86. The van der Waals surface area contributed by atoms with Crippen molar-refractivity contribution in [2.75, 3.05) is 0 Å². The van der Waals surface area contributed by atoms with Gasteiger partial charge in [-0.2, -0.15) is 0 Å². The van der Waals surface area contributed by atoms with Crippen LogP contribution in [0.3, 0.4) is 0 Å². The summed E-state index contributed by atoms with van der Waals surface area (Å²) in [5.74, 6) is 0.205. The van der Waals surface area contributed by atoms with E-state index < -0.39 is 5.97 Å². The van der Waals surface area contributed by atoms with Crippen LogP contribution in [0.2, 0.25) is 0 Å². The number of carboxylic acids is 1. The Labute approximate surface area is 215 Å². The van der Waals surface area contributed by atoms with E-state index >= 15 is 0 Å². The summed E-state index contributed by atoms with van der Waals surface area (Å²) in [5.41, 5.74) is 1.72. The van der Waals surface area contributed by atoms with Crippen LogP contribution < -0.4 is 9.47 Å². The van der Waals surface area contributed by atoms with Crippen molar-refractivity contribution in [1.82, 2.24) is 4.98 Å². The number of ether oxygens (including phenoxy) is 2. The van der Waals surface area contributed by atoms with Crippen molar-refractivity contribution in [3.8, 4) is 11.5 Å². The van der Waals surface area contributed by atoms with Gasteiger partial charge in [0.25, 0.3) is 0 Å². The molecule has 4 aromatic rings. The van der Waals surface area contributed by atoms with Crippen LogP contribution in [-0.4, -0.2) is 16.1 Å². The topological polar surface area (TPSA) is 68.7 Å². The number of aromatic carboxylic acids is 1. The Morgan fingerprint density at radius 3 is 2.00 bits per heavy atom. The van der Waals surface area contributed by atoms with E-state index in [0.717, 1.165) is 17.9 Å². The van der Waals surface area contributed by atoms with Crippen molar-refractivity contribution in [1.29, 1.82) is 0 Å². The van der Waals surface area contributed by atoms with Crippen LogP contribution in [-0.2, 0) is 13.2 Å².